The number of aromatic nitrogens is 3. The van der Waals surface area contributed by atoms with E-state index in [0.29, 0.717) is 16.0 Å². The predicted octanol–water partition coefficient (Wildman–Crippen LogP) is 1.01. The third-order valence-electron chi connectivity index (χ3n) is 3.42. The van der Waals surface area contributed by atoms with Gasteiger partial charge < -0.3 is 4.57 Å². The number of allylic oxidation sites excluding steroid dienone is 1. The second kappa shape index (κ2) is 6.39. The fourth-order valence-corrected chi connectivity index (χ4v) is 3.99. The summed E-state index contributed by atoms with van der Waals surface area (Å²) >= 11 is 1.20. The van der Waals surface area contributed by atoms with Gasteiger partial charge >= 0.3 is 0 Å². The van der Waals surface area contributed by atoms with E-state index < -0.39 is 15.9 Å². The number of carbonyl (C=O) groups excluding carboxylic acids is 1. The maximum Gasteiger partial charge on any atom is 0.300 e. The number of hydrogen-bond donors (Lipinski definition) is 1. The molecule has 2 aromatic heterocycles. The zero-order chi connectivity index (χ0) is 18.2. The highest BCUT2D eigenvalue weighted by Gasteiger charge is 2.14. The summed E-state index contributed by atoms with van der Waals surface area (Å²) in [5.74, 6) is -0.475. The van der Waals surface area contributed by atoms with Crippen LogP contribution in [0, 0.1) is 0 Å². The molecule has 0 aliphatic rings. The summed E-state index contributed by atoms with van der Waals surface area (Å²) in [7, 11) is -2.10. The fraction of sp³-hybridized carbons (Fsp3) is 0.133. The van der Waals surface area contributed by atoms with Crippen LogP contribution in [0.2, 0.25) is 0 Å². The molecule has 0 bridgehead atoms. The molecule has 25 heavy (non-hydrogen) atoms. The number of thiazole rings is 1. The molecule has 0 fully saturated rings. The third kappa shape index (κ3) is 3.45. The molecule has 0 unspecified atom stereocenters. The van der Waals surface area contributed by atoms with Gasteiger partial charge in [0.15, 0.2) is 10.5 Å². The van der Waals surface area contributed by atoms with Crippen molar-refractivity contribution in [1.29, 1.82) is 0 Å². The molecular formula is C15H15N5O3S2. The Morgan fingerprint density at radius 2 is 2.20 bits per heavy atom. The molecule has 10 heteroatoms. The lowest BCUT2D eigenvalue weighted by Gasteiger charge is -2.02. The molecule has 1 amide bonds. The van der Waals surface area contributed by atoms with Crippen molar-refractivity contribution < 1.29 is 13.2 Å². The molecule has 2 N–H and O–H groups in total. The van der Waals surface area contributed by atoms with Crippen molar-refractivity contribution in [2.24, 2.45) is 17.2 Å². The average Bonchev–Trinajstić information content (AvgIpc) is 3.11. The second-order valence-electron chi connectivity index (χ2n) is 5.25. The molecule has 0 saturated heterocycles. The van der Waals surface area contributed by atoms with Crippen LogP contribution in [-0.4, -0.2) is 28.7 Å². The van der Waals surface area contributed by atoms with Gasteiger partial charge in [0.2, 0.25) is 10.0 Å². The van der Waals surface area contributed by atoms with Crippen LogP contribution in [0.1, 0.15) is 10.5 Å². The summed E-state index contributed by atoms with van der Waals surface area (Å²) in [6, 6.07) is 6.11. The Hall–Kier alpha value is -2.56. The Labute approximate surface area is 147 Å². The van der Waals surface area contributed by atoms with Crippen LogP contribution >= 0.6 is 11.3 Å². The molecule has 0 radical (unpaired) electrons. The van der Waals surface area contributed by atoms with Crippen LogP contribution in [0.15, 0.2) is 53.0 Å². The number of hydrogen-bond acceptors (Lipinski definition) is 5. The van der Waals surface area contributed by atoms with E-state index in [4.69, 9.17) is 5.14 Å². The number of sulfonamides is 1. The topological polar surface area (TPSA) is 112 Å². The summed E-state index contributed by atoms with van der Waals surface area (Å²) in [6.45, 7) is 4.13. The van der Waals surface area contributed by atoms with E-state index in [9.17, 15) is 13.2 Å². The van der Waals surface area contributed by atoms with Gasteiger partial charge in [-0.2, -0.15) is 10.1 Å². The first-order chi connectivity index (χ1) is 11.8. The number of carbonyl (C=O) groups is 1. The highest BCUT2D eigenvalue weighted by Crippen LogP contribution is 2.21. The van der Waals surface area contributed by atoms with Crippen molar-refractivity contribution >= 4 is 37.5 Å². The third-order valence-corrected chi connectivity index (χ3v) is 5.38. The molecular weight excluding hydrogens is 362 g/mol. The van der Waals surface area contributed by atoms with Gasteiger partial charge in [-0.15, -0.1) is 6.58 Å². The Bertz CT molecular complexity index is 1150. The molecule has 8 nitrogen and oxygen atoms in total. The van der Waals surface area contributed by atoms with E-state index in [1.165, 1.54) is 28.2 Å². The quantitative estimate of drug-likeness (QED) is 0.684. The van der Waals surface area contributed by atoms with Crippen molar-refractivity contribution in [2.75, 3.05) is 0 Å². The maximum absolute atomic E-state index is 12.3. The van der Waals surface area contributed by atoms with Crippen LogP contribution < -0.4 is 9.94 Å². The van der Waals surface area contributed by atoms with Crippen molar-refractivity contribution in [2.45, 2.75) is 11.4 Å². The predicted molar refractivity (Wildman–Crippen MR) is 94.5 cm³/mol. The van der Waals surface area contributed by atoms with Gasteiger partial charge in [-0.3, -0.25) is 9.48 Å². The van der Waals surface area contributed by atoms with Gasteiger partial charge in [0.1, 0.15) is 0 Å². The maximum atomic E-state index is 12.3. The lowest BCUT2D eigenvalue weighted by Crippen LogP contribution is -2.16. The van der Waals surface area contributed by atoms with E-state index in [1.807, 2.05) is 0 Å². The van der Waals surface area contributed by atoms with Crippen LogP contribution in [-0.2, 0) is 23.6 Å². The monoisotopic (exact) mass is 377 g/mol. The number of nitrogens with two attached hydrogens (primary N) is 1. The zero-order valence-electron chi connectivity index (χ0n) is 13.3. The molecule has 3 aromatic rings. The molecule has 0 atom stereocenters. The van der Waals surface area contributed by atoms with Crippen molar-refractivity contribution in [1.82, 2.24) is 14.3 Å². The highest BCUT2D eigenvalue weighted by molar-refractivity contribution is 7.89. The van der Waals surface area contributed by atoms with Gasteiger partial charge in [0.05, 0.1) is 15.1 Å². The Kier molecular flexibility index (Phi) is 4.41. The van der Waals surface area contributed by atoms with Crippen molar-refractivity contribution in [3.05, 3.63) is 53.6 Å². The molecule has 130 valence electrons. The Balaban J connectivity index is 2.19. The van der Waals surface area contributed by atoms with Gasteiger partial charge in [0, 0.05) is 19.8 Å². The Morgan fingerprint density at radius 1 is 1.44 bits per heavy atom. The van der Waals surface area contributed by atoms with E-state index in [-0.39, 0.29) is 10.6 Å². The van der Waals surface area contributed by atoms with Gasteiger partial charge in [-0.25, -0.2) is 13.6 Å². The van der Waals surface area contributed by atoms with Gasteiger partial charge in [-0.1, -0.05) is 17.4 Å². The lowest BCUT2D eigenvalue weighted by molar-refractivity contribution is 0.0992. The van der Waals surface area contributed by atoms with Crippen molar-refractivity contribution in [3.8, 4) is 0 Å². The SMILES string of the molecule is C=CCn1c(=NC(=O)c2ccn(C)n2)sc2cc(S(N)(=O)=O)ccc21. The number of primary sulfonamides is 1. The number of benzene rings is 1. The average molecular weight is 377 g/mol. The molecule has 0 aliphatic carbocycles. The zero-order valence-corrected chi connectivity index (χ0v) is 14.9. The van der Waals surface area contributed by atoms with Crippen LogP contribution in [0.5, 0.6) is 0 Å². The summed E-state index contributed by atoms with van der Waals surface area (Å²) < 4.78 is 27.0. The largest absolute Gasteiger partial charge is 0.312 e. The van der Waals surface area contributed by atoms with Crippen LogP contribution in [0.4, 0.5) is 0 Å². The molecule has 0 spiro atoms. The normalized spacial score (nSPS) is 12.6. The first kappa shape index (κ1) is 17.3. The second-order valence-corrected chi connectivity index (χ2v) is 7.82. The summed E-state index contributed by atoms with van der Waals surface area (Å²) in [4.78, 5) is 16.9. The highest BCUT2D eigenvalue weighted by atomic mass is 32.2. The Morgan fingerprint density at radius 3 is 2.80 bits per heavy atom. The standard InChI is InChI=1S/C15H15N5O3S2/c1-3-7-20-12-5-4-10(25(16,22)23)9-13(12)24-15(20)17-14(21)11-6-8-19(2)18-11/h3-6,8-9H,1,7H2,2H3,(H2,16,22,23). The minimum Gasteiger partial charge on any atom is -0.312 e. The summed E-state index contributed by atoms with van der Waals surface area (Å²) in [6.07, 6.45) is 3.33. The molecule has 0 saturated carbocycles. The number of aryl methyl sites for hydroxylation is 1. The first-order valence-electron chi connectivity index (χ1n) is 7.15. The summed E-state index contributed by atoms with van der Waals surface area (Å²) in [5, 5.41) is 9.21. The lowest BCUT2D eigenvalue weighted by atomic mass is 10.3. The van der Waals surface area contributed by atoms with E-state index in [0.717, 1.165) is 5.52 Å². The molecule has 0 aliphatic heterocycles. The van der Waals surface area contributed by atoms with Crippen molar-refractivity contribution in [3.63, 3.8) is 0 Å². The minimum absolute atomic E-state index is 0.00889. The van der Waals surface area contributed by atoms with E-state index in [2.05, 4.69) is 16.7 Å². The number of rotatable bonds is 4. The minimum atomic E-state index is -3.81. The smallest absolute Gasteiger partial charge is 0.300 e. The van der Waals surface area contributed by atoms with Gasteiger partial charge in [0.25, 0.3) is 5.91 Å². The molecule has 3 rings (SSSR count). The fourth-order valence-electron chi connectivity index (χ4n) is 2.29. The van der Waals surface area contributed by atoms with Crippen LogP contribution in [0.25, 0.3) is 10.2 Å². The number of amides is 1. The molecule has 2 heterocycles. The van der Waals surface area contributed by atoms with E-state index >= 15 is 0 Å². The van der Waals surface area contributed by atoms with Gasteiger partial charge in [-0.05, 0) is 24.3 Å². The number of nitrogens with zero attached hydrogens (tertiary/aromatic N) is 4. The van der Waals surface area contributed by atoms with E-state index in [1.54, 1.807) is 36.0 Å². The van der Waals surface area contributed by atoms with Crippen LogP contribution in [0.3, 0.4) is 0 Å². The summed E-state index contributed by atoms with van der Waals surface area (Å²) in [5.41, 5.74) is 0.972. The number of fused-ring (bicyclic) bond motifs is 1. The molecule has 1 aromatic carbocycles. The first-order valence-corrected chi connectivity index (χ1v) is 9.51.